The predicted octanol–water partition coefficient (Wildman–Crippen LogP) is 5.47. The summed E-state index contributed by atoms with van der Waals surface area (Å²) in [7, 11) is 0. The molecule has 0 aliphatic rings. The number of nitrogens with one attached hydrogen (secondary N) is 1. The average molecular weight is 344 g/mol. The molecule has 0 saturated heterocycles. The van der Waals surface area contributed by atoms with E-state index in [1.165, 1.54) is 44.1 Å². The van der Waals surface area contributed by atoms with Gasteiger partial charge in [-0.3, -0.25) is 0 Å². The molecule has 1 nitrogen and oxygen atoms in total. The fraction of sp³-hybridized carbons (Fsp3) is 0.647. The van der Waals surface area contributed by atoms with Crippen molar-refractivity contribution >= 4 is 15.9 Å². The molecular weight excluding hydrogens is 317 g/mol. The summed E-state index contributed by atoms with van der Waals surface area (Å²) in [4.78, 5) is 0. The highest BCUT2D eigenvalue weighted by Crippen LogP contribution is 2.19. The second-order valence-corrected chi connectivity index (χ2v) is 6.26. The molecule has 0 aliphatic carbocycles. The van der Waals surface area contributed by atoms with Crippen LogP contribution in [0.4, 0.5) is 4.39 Å². The highest BCUT2D eigenvalue weighted by Gasteiger charge is 2.09. The van der Waals surface area contributed by atoms with Gasteiger partial charge in [0, 0.05) is 6.04 Å². The first-order chi connectivity index (χ1) is 9.67. The van der Waals surface area contributed by atoms with Crippen LogP contribution in [0.1, 0.15) is 57.9 Å². The Bertz CT molecular complexity index is 381. The number of benzene rings is 1. The summed E-state index contributed by atoms with van der Waals surface area (Å²) in [6.45, 7) is 5.38. The quantitative estimate of drug-likeness (QED) is 0.555. The fourth-order valence-electron chi connectivity index (χ4n) is 2.51. The first-order valence-electron chi connectivity index (χ1n) is 7.84. The first-order valence-corrected chi connectivity index (χ1v) is 8.64. The van der Waals surface area contributed by atoms with Gasteiger partial charge in [0.25, 0.3) is 0 Å². The largest absolute Gasteiger partial charge is 0.314 e. The lowest BCUT2D eigenvalue weighted by Crippen LogP contribution is -2.30. The van der Waals surface area contributed by atoms with Crippen molar-refractivity contribution in [2.45, 2.75) is 64.8 Å². The van der Waals surface area contributed by atoms with Gasteiger partial charge in [-0.1, -0.05) is 52.0 Å². The zero-order valence-electron chi connectivity index (χ0n) is 12.7. The molecule has 0 aliphatic heterocycles. The fourth-order valence-corrected chi connectivity index (χ4v) is 2.94. The van der Waals surface area contributed by atoms with E-state index < -0.39 is 0 Å². The van der Waals surface area contributed by atoms with Crippen LogP contribution in [0.15, 0.2) is 22.7 Å². The van der Waals surface area contributed by atoms with Gasteiger partial charge < -0.3 is 5.32 Å². The number of hydrogen-bond acceptors (Lipinski definition) is 1. The molecule has 0 fully saturated rings. The topological polar surface area (TPSA) is 12.0 Å². The molecule has 1 aromatic rings. The van der Waals surface area contributed by atoms with Gasteiger partial charge in [0.05, 0.1) is 4.47 Å². The SMILES string of the molecule is CCCCCCCC(Cc1ccc(F)c(Br)c1)NCC. The summed E-state index contributed by atoms with van der Waals surface area (Å²) in [5.41, 5.74) is 1.19. The molecule has 1 rings (SSSR count). The Morgan fingerprint density at radius 1 is 1.15 bits per heavy atom. The van der Waals surface area contributed by atoms with Crippen molar-refractivity contribution < 1.29 is 4.39 Å². The highest BCUT2D eigenvalue weighted by atomic mass is 79.9. The van der Waals surface area contributed by atoms with Gasteiger partial charge >= 0.3 is 0 Å². The molecule has 0 radical (unpaired) electrons. The Morgan fingerprint density at radius 3 is 2.55 bits per heavy atom. The Labute approximate surface area is 131 Å². The molecule has 0 heterocycles. The number of likely N-dealkylation sites (N-methyl/N-ethyl adjacent to an activating group) is 1. The lowest BCUT2D eigenvalue weighted by atomic mass is 9.99. The zero-order valence-corrected chi connectivity index (χ0v) is 14.3. The summed E-state index contributed by atoms with van der Waals surface area (Å²) in [5, 5.41) is 3.55. The van der Waals surface area contributed by atoms with Crippen molar-refractivity contribution in [3.63, 3.8) is 0 Å². The molecule has 1 aromatic carbocycles. The maximum absolute atomic E-state index is 13.2. The van der Waals surface area contributed by atoms with Gasteiger partial charge in [-0.15, -0.1) is 0 Å². The monoisotopic (exact) mass is 343 g/mol. The van der Waals surface area contributed by atoms with Crippen LogP contribution in [-0.2, 0) is 6.42 Å². The lowest BCUT2D eigenvalue weighted by Gasteiger charge is -2.18. The first kappa shape index (κ1) is 17.6. The van der Waals surface area contributed by atoms with Gasteiger partial charge in [0.15, 0.2) is 0 Å². The van der Waals surface area contributed by atoms with Gasteiger partial charge in [-0.05, 0) is 53.0 Å². The van der Waals surface area contributed by atoms with Gasteiger partial charge in [-0.2, -0.15) is 0 Å². The summed E-state index contributed by atoms with van der Waals surface area (Å²) in [6.07, 6.45) is 8.75. The Morgan fingerprint density at radius 2 is 1.90 bits per heavy atom. The zero-order chi connectivity index (χ0) is 14.8. The maximum atomic E-state index is 13.2. The summed E-state index contributed by atoms with van der Waals surface area (Å²) in [6, 6.07) is 5.83. The van der Waals surface area contributed by atoms with Crippen LogP contribution in [0.5, 0.6) is 0 Å². The third-order valence-corrected chi connectivity index (χ3v) is 4.22. The second kappa shape index (κ2) is 10.3. The minimum atomic E-state index is -0.187. The van der Waals surface area contributed by atoms with E-state index in [2.05, 4.69) is 35.1 Å². The van der Waals surface area contributed by atoms with Crippen molar-refractivity contribution in [3.8, 4) is 0 Å². The number of unbranched alkanes of at least 4 members (excludes halogenated alkanes) is 4. The third kappa shape index (κ3) is 6.85. The normalized spacial score (nSPS) is 12.6. The Hall–Kier alpha value is -0.410. The van der Waals surface area contributed by atoms with Gasteiger partial charge in [0.2, 0.25) is 0 Å². The summed E-state index contributed by atoms with van der Waals surface area (Å²) < 4.78 is 13.8. The third-order valence-electron chi connectivity index (χ3n) is 3.62. The van der Waals surface area contributed by atoms with Crippen molar-refractivity contribution in [2.75, 3.05) is 6.54 Å². The van der Waals surface area contributed by atoms with E-state index in [0.29, 0.717) is 10.5 Å². The number of hydrogen-bond donors (Lipinski definition) is 1. The van der Waals surface area contributed by atoms with Crippen LogP contribution in [0.3, 0.4) is 0 Å². The second-order valence-electron chi connectivity index (χ2n) is 5.41. The van der Waals surface area contributed by atoms with Gasteiger partial charge in [0.1, 0.15) is 5.82 Å². The molecule has 114 valence electrons. The molecule has 0 aromatic heterocycles. The highest BCUT2D eigenvalue weighted by molar-refractivity contribution is 9.10. The molecule has 3 heteroatoms. The Balaban J connectivity index is 2.42. The van der Waals surface area contributed by atoms with E-state index in [9.17, 15) is 4.39 Å². The van der Waals surface area contributed by atoms with E-state index in [1.54, 1.807) is 6.07 Å². The van der Waals surface area contributed by atoms with Crippen molar-refractivity contribution in [2.24, 2.45) is 0 Å². The van der Waals surface area contributed by atoms with Crippen LogP contribution < -0.4 is 5.32 Å². The number of halogens is 2. The molecule has 0 bridgehead atoms. The van der Waals surface area contributed by atoms with E-state index >= 15 is 0 Å². The molecule has 0 saturated carbocycles. The molecule has 1 unspecified atom stereocenters. The van der Waals surface area contributed by atoms with Crippen LogP contribution in [0, 0.1) is 5.82 Å². The predicted molar refractivity (Wildman–Crippen MR) is 88.6 cm³/mol. The molecule has 20 heavy (non-hydrogen) atoms. The minimum absolute atomic E-state index is 0.187. The maximum Gasteiger partial charge on any atom is 0.137 e. The minimum Gasteiger partial charge on any atom is -0.314 e. The molecular formula is C17H27BrFN. The van der Waals surface area contributed by atoms with Crippen molar-refractivity contribution in [3.05, 3.63) is 34.1 Å². The molecule has 1 N–H and O–H groups in total. The van der Waals surface area contributed by atoms with E-state index in [-0.39, 0.29) is 5.82 Å². The van der Waals surface area contributed by atoms with Gasteiger partial charge in [-0.25, -0.2) is 4.39 Å². The van der Waals surface area contributed by atoms with E-state index in [1.807, 2.05) is 12.1 Å². The average Bonchev–Trinajstić information content (AvgIpc) is 2.43. The van der Waals surface area contributed by atoms with Crippen LogP contribution in [0.2, 0.25) is 0 Å². The molecule has 0 spiro atoms. The molecule has 1 atom stereocenters. The summed E-state index contributed by atoms with van der Waals surface area (Å²) in [5.74, 6) is -0.187. The van der Waals surface area contributed by atoms with E-state index in [0.717, 1.165) is 13.0 Å². The number of rotatable bonds is 10. The smallest absolute Gasteiger partial charge is 0.137 e. The standard InChI is InChI=1S/C17H27BrFN/c1-3-5-6-7-8-9-15(20-4-2)12-14-10-11-17(19)16(18)13-14/h10-11,13,15,20H,3-9,12H2,1-2H3. The lowest BCUT2D eigenvalue weighted by molar-refractivity contribution is 0.460. The molecule has 0 amide bonds. The Kier molecular flexibility index (Phi) is 9.12. The van der Waals surface area contributed by atoms with Crippen LogP contribution in [-0.4, -0.2) is 12.6 Å². The van der Waals surface area contributed by atoms with Crippen molar-refractivity contribution in [1.82, 2.24) is 5.32 Å². The summed E-state index contributed by atoms with van der Waals surface area (Å²) >= 11 is 3.26. The van der Waals surface area contributed by atoms with Crippen molar-refractivity contribution in [1.29, 1.82) is 0 Å². The van der Waals surface area contributed by atoms with Crippen LogP contribution in [0.25, 0.3) is 0 Å². The van der Waals surface area contributed by atoms with Crippen LogP contribution >= 0.6 is 15.9 Å². The van der Waals surface area contributed by atoms with E-state index in [4.69, 9.17) is 0 Å².